The number of ether oxygens (including phenoxy) is 1. The highest BCUT2D eigenvalue weighted by Crippen LogP contribution is 2.32. The Morgan fingerprint density at radius 3 is 2.70 bits per heavy atom. The fourth-order valence-electron chi connectivity index (χ4n) is 2.07. The summed E-state index contributed by atoms with van der Waals surface area (Å²) in [7, 11) is 0. The Morgan fingerprint density at radius 2 is 2.13 bits per heavy atom. The molecule has 1 aliphatic carbocycles. The summed E-state index contributed by atoms with van der Waals surface area (Å²) in [5.74, 6) is 0.375. The number of aliphatic hydroxyl groups excluding tert-OH is 1. The molecule has 2 rings (SSSR count). The van der Waals surface area contributed by atoms with Gasteiger partial charge in [0.15, 0.2) is 6.61 Å². The molecule has 0 unspecified atom stereocenters. The van der Waals surface area contributed by atoms with Gasteiger partial charge in [-0.2, -0.15) is 13.2 Å². The van der Waals surface area contributed by atoms with Crippen LogP contribution in [0.1, 0.15) is 18.4 Å². The van der Waals surface area contributed by atoms with E-state index < -0.39 is 24.9 Å². The lowest BCUT2D eigenvalue weighted by atomic mass is 10.2. The lowest BCUT2D eigenvalue weighted by molar-refractivity contribution is -0.153. The van der Waals surface area contributed by atoms with Gasteiger partial charge in [-0.1, -0.05) is 0 Å². The number of urea groups is 1. The van der Waals surface area contributed by atoms with E-state index in [-0.39, 0.29) is 18.2 Å². The minimum absolute atomic E-state index is 0.109. The molecule has 3 N–H and O–H groups in total. The van der Waals surface area contributed by atoms with E-state index in [0.29, 0.717) is 11.3 Å². The molecule has 23 heavy (non-hydrogen) atoms. The smallest absolute Gasteiger partial charge is 0.422 e. The van der Waals surface area contributed by atoms with Crippen molar-refractivity contribution in [1.29, 1.82) is 0 Å². The molecule has 1 aromatic rings. The van der Waals surface area contributed by atoms with E-state index in [0.717, 1.165) is 12.8 Å². The zero-order valence-corrected chi connectivity index (χ0v) is 12.6. The SMILES string of the molecule is Cc1cc(NC(=O)NC[C@@H](O)C2CC2)ccc1OCC(F)(F)F. The lowest BCUT2D eigenvalue weighted by Gasteiger charge is -2.14. The van der Waals surface area contributed by atoms with Gasteiger partial charge in [0.2, 0.25) is 0 Å². The van der Waals surface area contributed by atoms with E-state index in [4.69, 9.17) is 0 Å². The largest absolute Gasteiger partial charge is 0.484 e. The predicted molar refractivity (Wildman–Crippen MR) is 78.5 cm³/mol. The summed E-state index contributed by atoms with van der Waals surface area (Å²) in [4.78, 5) is 11.7. The van der Waals surface area contributed by atoms with Gasteiger partial charge in [0.05, 0.1) is 6.10 Å². The fourth-order valence-corrected chi connectivity index (χ4v) is 2.07. The number of aliphatic hydroxyl groups is 1. The molecule has 1 saturated carbocycles. The highest BCUT2D eigenvalue weighted by molar-refractivity contribution is 5.89. The van der Waals surface area contributed by atoms with Crippen molar-refractivity contribution in [3.8, 4) is 5.75 Å². The van der Waals surface area contributed by atoms with Gasteiger partial charge in [-0.25, -0.2) is 4.79 Å². The zero-order chi connectivity index (χ0) is 17.0. The van der Waals surface area contributed by atoms with Crippen molar-refractivity contribution in [2.45, 2.75) is 32.0 Å². The lowest BCUT2D eigenvalue weighted by Crippen LogP contribution is -2.36. The maximum atomic E-state index is 12.1. The van der Waals surface area contributed by atoms with E-state index in [2.05, 4.69) is 15.4 Å². The molecule has 0 heterocycles. The van der Waals surface area contributed by atoms with Crippen LogP contribution in [0.4, 0.5) is 23.7 Å². The third-order valence-electron chi connectivity index (χ3n) is 3.46. The van der Waals surface area contributed by atoms with Gasteiger partial charge in [-0.15, -0.1) is 0 Å². The van der Waals surface area contributed by atoms with E-state index in [1.807, 2.05) is 0 Å². The Kier molecular flexibility index (Phi) is 5.35. The Balaban J connectivity index is 1.83. The molecule has 0 saturated heterocycles. The van der Waals surface area contributed by atoms with E-state index in [1.54, 1.807) is 6.92 Å². The van der Waals surface area contributed by atoms with Crippen molar-refractivity contribution in [2.24, 2.45) is 5.92 Å². The van der Waals surface area contributed by atoms with Gasteiger partial charge in [0.1, 0.15) is 5.75 Å². The van der Waals surface area contributed by atoms with Crippen LogP contribution >= 0.6 is 0 Å². The number of hydrogen-bond donors (Lipinski definition) is 3. The molecule has 0 spiro atoms. The van der Waals surface area contributed by atoms with Crippen molar-refractivity contribution in [3.05, 3.63) is 23.8 Å². The maximum Gasteiger partial charge on any atom is 0.422 e. The Labute approximate surface area is 131 Å². The van der Waals surface area contributed by atoms with Crippen LogP contribution in [0.2, 0.25) is 0 Å². The highest BCUT2D eigenvalue weighted by atomic mass is 19.4. The van der Waals surface area contributed by atoms with Gasteiger partial charge in [-0.05, 0) is 49.4 Å². The van der Waals surface area contributed by atoms with Crippen molar-refractivity contribution >= 4 is 11.7 Å². The molecule has 1 fully saturated rings. The molecule has 0 aromatic heterocycles. The Morgan fingerprint density at radius 1 is 1.43 bits per heavy atom. The third-order valence-corrected chi connectivity index (χ3v) is 3.46. The second kappa shape index (κ2) is 7.08. The molecule has 0 bridgehead atoms. The van der Waals surface area contributed by atoms with Crippen LogP contribution in [0.25, 0.3) is 0 Å². The number of aryl methyl sites for hydroxylation is 1. The summed E-state index contributed by atoms with van der Waals surface area (Å²) in [5, 5.41) is 14.8. The van der Waals surface area contributed by atoms with E-state index >= 15 is 0 Å². The summed E-state index contributed by atoms with van der Waals surface area (Å²) >= 11 is 0. The standard InChI is InChI=1S/C15H19F3N2O3/c1-9-6-11(4-5-13(9)23-8-15(16,17)18)20-14(22)19-7-12(21)10-2-3-10/h4-6,10,12,21H,2-3,7-8H2,1H3,(H2,19,20,22)/t12-/m1/s1. The minimum Gasteiger partial charge on any atom is -0.484 e. The first-order valence-electron chi connectivity index (χ1n) is 7.28. The molecular formula is C15H19F3N2O3. The first kappa shape index (κ1) is 17.4. The van der Waals surface area contributed by atoms with Gasteiger partial charge < -0.3 is 20.5 Å². The fraction of sp³-hybridized carbons (Fsp3) is 0.533. The summed E-state index contributed by atoms with van der Waals surface area (Å²) in [6.45, 7) is 0.397. The average Bonchev–Trinajstić information content (AvgIpc) is 3.27. The number of carbonyl (C=O) groups is 1. The number of benzene rings is 1. The van der Waals surface area contributed by atoms with Crippen LogP contribution < -0.4 is 15.4 Å². The molecule has 128 valence electrons. The summed E-state index contributed by atoms with van der Waals surface area (Å²) in [5.41, 5.74) is 0.908. The minimum atomic E-state index is -4.40. The quantitative estimate of drug-likeness (QED) is 0.750. The van der Waals surface area contributed by atoms with Crippen LogP contribution in [0.3, 0.4) is 0 Å². The monoisotopic (exact) mass is 332 g/mol. The summed E-state index contributed by atoms with van der Waals surface area (Å²) < 4.78 is 41.1. The predicted octanol–water partition coefficient (Wildman–Crippen LogP) is 2.83. The molecule has 0 radical (unpaired) electrons. The molecule has 0 aliphatic heterocycles. The normalized spacial score (nSPS) is 15.9. The number of amides is 2. The van der Waals surface area contributed by atoms with Crippen molar-refractivity contribution in [2.75, 3.05) is 18.5 Å². The molecular weight excluding hydrogens is 313 g/mol. The number of rotatable bonds is 6. The molecule has 5 nitrogen and oxygen atoms in total. The zero-order valence-electron chi connectivity index (χ0n) is 12.6. The van der Waals surface area contributed by atoms with Crippen molar-refractivity contribution in [3.63, 3.8) is 0 Å². The number of hydrogen-bond acceptors (Lipinski definition) is 3. The number of carbonyl (C=O) groups excluding carboxylic acids is 1. The van der Waals surface area contributed by atoms with Crippen molar-refractivity contribution in [1.82, 2.24) is 5.32 Å². The van der Waals surface area contributed by atoms with Crippen LogP contribution in [-0.2, 0) is 0 Å². The number of halogens is 3. The molecule has 1 aromatic carbocycles. The molecule has 8 heteroatoms. The van der Waals surface area contributed by atoms with Crippen LogP contribution in [-0.4, -0.2) is 36.6 Å². The molecule has 2 amide bonds. The van der Waals surface area contributed by atoms with Crippen LogP contribution in [0.15, 0.2) is 18.2 Å². The first-order valence-corrected chi connectivity index (χ1v) is 7.28. The van der Waals surface area contributed by atoms with Gasteiger partial charge in [0, 0.05) is 12.2 Å². The Hall–Kier alpha value is -1.96. The molecule has 1 aliphatic rings. The second-order valence-corrected chi connectivity index (χ2v) is 5.62. The van der Waals surface area contributed by atoms with Crippen LogP contribution in [0.5, 0.6) is 5.75 Å². The summed E-state index contributed by atoms with van der Waals surface area (Å²) in [6.07, 6.45) is -2.99. The van der Waals surface area contributed by atoms with E-state index in [9.17, 15) is 23.1 Å². The highest BCUT2D eigenvalue weighted by Gasteiger charge is 2.30. The van der Waals surface area contributed by atoms with Crippen molar-refractivity contribution < 1.29 is 27.8 Å². The third kappa shape index (κ3) is 5.97. The number of anilines is 1. The summed E-state index contributed by atoms with van der Waals surface area (Å²) in [6, 6.07) is 3.86. The first-order chi connectivity index (χ1) is 10.7. The number of nitrogens with one attached hydrogen (secondary N) is 2. The van der Waals surface area contributed by atoms with E-state index in [1.165, 1.54) is 18.2 Å². The topological polar surface area (TPSA) is 70.6 Å². The molecule has 1 atom stereocenters. The average molecular weight is 332 g/mol. The maximum absolute atomic E-state index is 12.1. The van der Waals surface area contributed by atoms with Gasteiger partial charge in [-0.3, -0.25) is 0 Å². The van der Waals surface area contributed by atoms with Gasteiger partial charge in [0.25, 0.3) is 0 Å². The van der Waals surface area contributed by atoms with Crippen LogP contribution in [0, 0.1) is 12.8 Å². The Bertz CT molecular complexity index is 559. The second-order valence-electron chi connectivity index (χ2n) is 5.62. The number of alkyl halides is 3. The van der Waals surface area contributed by atoms with Gasteiger partial charge >= 0.3 is 12.2 Å².